The van der Waals surface area contributed by atoms with Crippen LogP contribution in [0.3, 0.4) is 0 Å². The quantitative estimate of drug-likeness (QED) is 0.871. The van der Waals surface area contributed by atoms with Crippen LogP contribution in [0.25, 0.3) is 0 Å². The lowest BCUT2D eigenvalue weighted by atomic mass is 9.77. The Labute approximate surface area is 104 Å². The minimum absolute atomic E-state index is 0.184. The molecule has 0 bridgehead atoms. The van der Waals surface area contributed by atoms with Crippen LogP contribution in [0.2, 0.25) is 0 Å². The van der Waals surface area contributed by atoms with Gasteiger partial charge in [0.05, 0.1) is 6.20 Å². The highest BCUT2D eigenvalue weighted by atomic mass is 15.3. The number of hydrogen-bond acceptors (Lipinski definition) is 2. The van der Waals surface area contributed by atoms with Gasteiger partial charge in [0, 0.05) is 24.3 Å². The van der Waals surface area contributed by atoms with E-state index < -0.39 is 0 Å². The summed E-state index contributed by atoms with van der Waals surface area (Å²) in [6.07, 6.45) is 10.5. The fourth-order valence-corrected chi connectivity index (χ4v) is 2.98. The number of hydrogen-bond donors (Lipinski definition) is 1. The maximum Gasteiger partial charge on any atom is 0.0537 e. The lowest BCUT2D eigenvalue weighted by Crippen LogP contribution is -2.25. The number of rotatable bonds is 4. The van der Waals surface area contributed by atoms with E-state index in [2.05, 4.69) is 25.1 Å². The Kier molecular flexibility index (Phi) is 4.21. The smallest absolute Gasteiger partial charge is 0.0537 e. The molecule has 0 amide bonds. The van der Waals surface area contributed by atoms with Gasteiger partial charge >= 0.3 is 0 Å². The molecule has 1 saturated carbocycles. The first kappa shape index (κ1) is 12.6. The van der Waals surface area contributed by atoms with Gasteiger partial charge in [0.25, 0.3) is 0 Å². The summed E-state index contributed by atoms with van der Waals surface area (Å²) in [7, 11) is 0. The number of nitrogens with zero attached hydrogens (tertiary/aromatic N) is 2. The van der Waals surface area contributed by atoms with Crippen molar-refractivity contribution in [3.63, 3.8) is 0 Å². The molecule has 0 aliphatic heterocycles. The van der Waals surface area contributed by atoms with Crippen LogP contribution < -0.4 is 5.73 Å². The molecule has 2 rings (SSSR count). The zero-order chi connectivity index (χ0) is 12.3. The summed E-state index contributed by atoms with van der Waals surface area (Å²) >= 11 is 0. The van der Waals surface area contributed by atoms with Gasteiger partial charge in [0.2, 0.25) is 0 Å². The largest absolute Gasteiger partial charge is 0.324 e. The van der Waals surface area contributed by atoms with Crippen LogP contribution in [-0.4, -0.2) is 9.78 Å². The third-order valence-corrected chi connectivity index (χ3v) is 3.98. The molecule has 0 spiro atoms. The highest BCUT2D eigenvalue weighted by Crippen LogP contribution is 2.35. The summed E-state index contributed by atoms with van der Waals surface area (Å²) in [4.78, 5) is 0. The van der Waals surface area contributed by atoms with Crippen LogP contribution in [0.1, 0.15) is 57.6 Å². The van der Waals surface area contributed by atoms with Crippen LogP contribution in [0.5, 0.6) is 0 Å². The molecule has 17 heavy (non-hydrogen) atoms. The van der Waals surface area contributed by atoms with E-state index in [-0.39, 0.29) is 6.04 Å². The third kappa shape index (κ3) is 3.09. The minimum atomic E-state index is 0.184. The Bertz CT molecular complexity index is 345. The highest BCUT2D eigenvalue weighted by Gasteiger charge is 2.25. The van der Waals surface area contributed by atoms with Crippen LogP contribution in [0, 0.1) is 11.8 Å². The Hall–Kier alpha value is -0.830. The molecule has 96 valence electrons. The Morgan fingerprint density at radius 2 is 2.35 bits per heavy atom. The summed E-state index contributed by atoms with van der Waals surface area (Å²) < 4.78 is 2.02. The van der Waals surface area contributed by atoms with Crippen LogP contribution in [0.15, 0.2) is 12.4 Å². The zero-order valence-corrected chi connectivity index (χ0v) is 11.1. The van der Waals surface area contributed by atoms with Gasteiger partial charge in [-0.15, -0.1) is 0 Å². The van der Waals surface area contributed by atoms with E-state index in [0.717, 1.165) is 18.9 Å². The molecular weight excluding hydrogens is 210 g/mol. The predicted molar refractivity (Wildman–Crippen MR) is 70.6 cm³/mol. The maximum absolute atomic E-state index is 6.39. The summed E-state index contributed by atoms with van der Waals surface area (Å²) in [6.45, 7) is 5.51. The Morgan fingerprint density at radius 3 is 3.06 bits per heavy atom. The first-order chi connectivity index (χ1) is 8.20. The maximum atomic E-state index is 6.39. The van der Waals surface area contributed by atoms with E-state index >= 15 is 0 Å². The molecule has 3 atom stereocenters. The molecule has 1 aromatic heterocycles. The molecule has 3 unspecified atom stereocenters. The lowest BCUT2D eigenvalue weighted by molar-refractivity contribution is 0.248. The van der Waals surface area contributed by atoms with Gasteiger partial charge in [-0.1, -0.05) is 26.7 Å². The zero-order valence-electron chi connectivity index (χ0n) is 11.1. The van der Waals surface area contributed by atoms with Gasteiger partial charge in [-0.3, -0.25) is 4.68 Å². The van der Waals surface area contributed by atoms with Crippen molar-refractivity contribution in [2.75, 3.05) is 0 Å². The molecule has 3 heteroatoms. The van der Waals surface area contributed by atoms with E-state index in [1.54, 1.807) is 0 Å². The molecule has 2 N–H and O–H groups in total. The van der Waals surface area contributed by atoms with Gasteiger partial charge in [-0.25, -0.2) is 0 Å². The predicted octanol–water partition coefficient (Wildman–Crippen LogP) is 3.12. The van der Waals surface area contributed by atoms with Gasteiger partial charge < -0.3 is 5.73 Å². The van der Waals surface area contributed by atoms with E-state index in [1.165, 1.54) is 31.2 Å². The van der Waals surface area contributed by atoms with E-state index in [9.17, 15) is 0 Å². The van der Waals surface area contributed by atoms with E-state index in [1.807, 2.05) is 10.9 Å². The van der Waals surface area contributed by atoms with Crippen LogP contribution in [-0.2, 0) is 6.54 Å². The number of aryl methyl sites for hydroxylation is 1. The van der Waals surface area contributed by atoms with Crippen molar-refractivity contribution in [2.24, 2.45) is 17.6 Å². The van der Waals surface area contributed by atoms with Crippen LogP contribution >= 0.6 is 0 Å². The Balaban J connectivity index is 1.99. The fourth-order valence-electron chi connectivity index (χ4n) is 2.98. The molecule has 0 aromatic carbocycles. The molecule has 0 radical (unpaired) electrons. The van der Waals surface area contributed by atoms with Crippen LogP contribution in [0.4, 0.5) is 0 Å². The second-order valence-electron chi connectivity index (χ2n) is 5.59. The summed E-state index contributed by atoms with van der Waals surface area (Å²) in [5, 5.41) is 4.38. The van der Waals surface area contributed by atoms with E-state index in [4.69, 9.17) is 5.73 Å². The van der Waals surface area contributed by atoms with Gasteiger partial charge in [0.1, 0.15) is 0 Å². The van der Waals surface area contributed by atoms with E-state index in [0.29, 0.717) is 5.92 Å². The molecule has 1 aromatic rings. The fraction of sp³-hybridized carbons (Fsp3) is 0.786. The normalized spacial score (nSPS) is 27.0. The summed E-state index contributed by atoms with van der Waals surface area (Å²) in [6, 6.07) is 0.184. The Morgan fingerprint density at radius 1 is 1.53 bits per heavy atom. The highest BCUT2D eigenvalue weighted by molar-refractivity contribution is 5.11. The molecule has 1 heterocycles. The number of aromatic nitrogens is 2. The molecule has 3 nitrogen and oxygen atoms in total. The SMILES string of the molecule is CCCn1cc(C(N)C2CCCC(C)C2)cn1. The van der Waals surface area contributed by atoms with Gasteiger partial charge in [-0.2, -0.15) is 5.10 Å². The second kappa shape index (κ2) is 5.67. The summed E-state index contributed by atoms with van der Waals surface area (Å²) in [5.41, 5.74) is 7.61. The lowest BCUT2D eigenvalue weighted by Gasteiger charge is -2.30. The monoisotopic (exact) mass is 235 g/mol. The van der Waals surface area contributed by atoms with Crippen molar-refractivity contribution in [1.29, 1.82) is 0 Å². The number of nitrogens with two attached hydrogens (primary N) is 1. The van der Waals surface area contributed by atoms with Crippen molar-refractivity contribution >= 4 is 0 Å². The van der Waals surface area contributed by atoms with Gasteiger partial charge in [-0.05, 0) is 31.1 Å². The third-order valence-electron chi connectivity index (χ3n) is 3.98. The first-order valence-electron chi connectivity index (χ1n) is 6.98. The van der Waals surface area contributed by atoms with Crippen molar-refractivity contribution < 1.29 is 0 Å². The van der Waals surface area contributed by atoms with Crippen molar-refractivity contribution in [2.45, 2.75) is 58.5 Å². The minimum Gasteiger partial charge on any atom is -0.324 e. The van der Waals surface area contributed by atoms with Crippen molar-refractivity contribution in [3.05, 3.63) is 18.0 Å². The molecule has 0 saturated heterocycles. The first-order valence-corrected chi connectivity index (χ1v) is 6.98. The second-order valence-corrected chi connectivity index (χ2v) is 5.59. The molecule has 1 fully saturated rings. The summed E-state index contributed by atoms with van der Waals surface area (Å²) in [5.74, 6) is 1.49. The van der Waals surface area contributed by atoms with Crippen molar-refractivity contribution in [3.8, 4) is 0 Å². The van der Waals surface area contributed by atoms with Gasteiger partial charge in [0.15, 0.2) is 0 Å². The standard InChI is InChI=1S/C14H25N3/c1-3-7-17-10-13(9-16-17)14(15)12-6-4-5-11(2)8-12/h9-12,14H,3-8,15H2,1-2H3. The average molecular weight is 235 g/mol. The molecule has 1 aliphatic rings. The molecule has 1 aliphatic carbocycles. The van der Waals surface area contributed by atoms with Crippen molar-refractivity contribution in [1.82, 2.24) is 9.78 Å². The average Bonchev–Trinajstić information content (AvgIpc) is 2.77. The topological polar surface area (TPSA) is 43.8 Å². The molecular formula is C14H25N3.